The lowest BCUT2D eigenvalue weighted by atomic mass is 10.4. The fraction of sp³-hybridized carbons (Fsp3) is 0.714. The van der Waals surface area contributed by atoms with E-state index in [1.807, 2.05) is 6.26 Å². The third-order valence-electron chi connectivity index (χ3n) is 1.33. The van der Waals surface area contributed by atoms with Crippen molar-refractivity contribution in [1.82, 2.24) is 0 Å². The van der Waals surface area contributed by atoms with Gasteiger partial charge in [0.1, 0.15) is 19.0 Å². The van der Waals surface area contributed by atoms with Gasteiger partial charge >= 0.3 is 0 Å². The average molecular weight is 160 g/mol. The molecule has 0 aliphatic carbocycles. The van der Waals surface area contributed by atoms with Gasteiger partial charge < -0.3 is 9.47 Å². The number of thioether (sulfide) groups is 1. The summed E-state index contributed by atoms with van der Waals surface area (Å²) in [4.78, 5) is 0. The van der Waals surface area contributed by atoms with Crippen LogP contribution in [0.1, 0.15) is 13.3 Å². The molecule has 0 bridgehead atoms. The van der Waals surface area contributed by atoms with Gasteiger partial charge in [-0.2, -0.15) is 0 Å². The molecule has 0 amide bonds. The van der Waals surface area contributed by atoms with Gasteiger partial charge in [-0.15, -0.1) is 0 Å². The zero-order chi connectivity index (χ0) is 7.40. The Kier molecular flexibility index (Phi) is 2.93. The zero-order valence-corrected chi connectivity index (χ0v) is 7.16. The van der Waals surface area contributed by atoms with Gasteiger partial charge in [-0.25, -0.2) is 0 Å². The summed E-state index contributed by atoms with van der Waals surface area (Å²) in [5, 5.41) is 0.953. The molecule has 0 fully saturated rings. The Labute approximate surface area is 65.6 Å². The monoisotopic (exact) mass is 160 g/mol. The van der Waals surface area contributed by atoms with Crippen LogP contribution in [-0.2, 0) is 9.47 Å². The minimum atomic E-state index is 0.694. The van der Waals surface area contributed by atoms with Crippen LogP contribution in [0.3, 0.4) is 0 Å². The van der Waals surface area contributed by atoms with Crippen molar-refractivity contribution in [3.63, 3.8) is 0 Å². The second kappa shape index (κ2) is 3.76. The highest BCUT2D eigenvalue weighted by Gasteiger charge is 2.11. The van der Waals surface area contributed by atoms with Crippen molar-refractivity contribution in [2.45, 2.75) is 13.3 Å². The van der Waals surface area contributed by atoms with Crippen molar-refractivity contribution in [2.75, 3.05) is 19.5 Å². The topological polar surface area (TPSA) is 18.5 Å². The lowest BCUT2D eigenvalue weighted by molar-refractivity contribution is 0.0741. The molecule has 0 atom stereocenters. The van der Waals surface area contributed by atoms with Gasteiger partial charge in [0, 0.05) is 6.42 Å². The molecule has 1 aliphatic rings. The summed E-state index contributed by atoms with van der Waals surface area (Å²) in [6.07, 6.45) is 2.93. The molecule has 2 nitrogen and oxygen atoms in total. The molecule has 10 heavy (non-hydrogen) atoms. The molecule has 1 rings (SSSR count). The summed E-state index contributed by atoms with van der Waals surface area (Å²) >= 11 is 1.61. The molecule has 0 N–H and O–H groups in total. The van der Waals surface area contributed by atoms with Crippen LogP contribution >= 0.6 is 11.8 Å². The highest BCUT2D eigenvalue weighted by atomic mass is 32.2. The van der Waals surface area contributed by atoms with E-state index >= 15 is 0 Å². The van der Waals surface area contributed by atoms with Crippen LogP contribution in [0.15, 0.2) is 10.9 Å². The maximum atomic E-state index is 5.36. The molecule has 1 heterocycles. The summed E-state index contributed by atoms with van der Waals surface area (Å²) in [6.45, 7) is 3.47. The second-order valence-electron chi connectivity index (χ2n) is 1.97. The van der Waals surface area contributed by atoms with Crippen molar-refractivity contribution in [3.05, 3.63) is 10.9 Å². The Hall–Kier alpha value is -0.310. The zero-order valence-electron chi connectivity index (χ0n) is 6.35. The van der Waals surface area contributed by atoms with E-state index in [0.717, 1.165) is 17.3 Å². The number of allylic oxidation sites excluding steroid dienone is 1. The van der Waals surface area contributed by atoms with Gasteiger partial charge in [0.05, 0.1) is 0 Å². The van der Waals surface area contributed by atoms with Gasteiger partial charge in [-0.05, 0) is 6.26 Å². The highest BCUT2D eigenvalue weighted by molar-refractivity contribution is 8.02. The van der Waals surface area contributed by atoms with Gasteiger partial charge in [0.25, 0.3) is 0 Å². The maximum Gasteiger partial charge on any atom is 0.191 e. The van der Waals surface area contributed by atoms with Gasteiger partial charge in [0.2, 0.25) is 0 Å². The molecule has 0 unspecified atom stereocenters. The first-order chi connectivity index (χ1) is 4.88. The largest absolute Gasteiger partial charge is 0.490 e. The first kappa shape index (κ1) is 7.79. The van der Waals surface area contributed by atoms with E-state index in [9.17, 15) is 0 Å². The Morgan fingerprint density at radius 2 is 2.10 bits per heavy atom. The van der Waals surface area contributed by atoms with Crippen molar-refractivity contribution < 1.29 is 9.47 Å². The van der Waals surface area contributed by atoms with E-state index in [4.69, 9.17) is 9.47 Å². The number of rotatable bonds is 2. The first-order valence-electron chi connectivity index (χ1n) is 3.41. The van der Waals surface area contributed by atoms with E-state index in [-0.39, 0.29) is 0 Å². The van der Waals surface area contributed by atoms with E-state index in [1.165, 1.54) is 0 Å². The number of hydrogen-bond acceptors (Lipinski definition) is 3. The summed E-state index contributed by atoms with van der Waals surface area (Å²) in [6, 6.07) is 0. The van der Waals surface area contributed by atoms with Crippen LogP contribution in [0, 0.1) is 0 Å². The van der Waals surface area contributed by atoms with Crippen LogP contribution in [-0.4, -0.2) is 19.5 Å². The summed E-state index contributed by atoms with van der Waals surface area (Å²) in [5.74, 6) is 0.999. The fourth-order valence-corrected chi connectivity index (χ4v) is 1.49. The molecular weight excluding hydrogens is 148 g/mol. The smallest absolute Gasteiger partial charge is 0.191 e. The van der Waals surface area contributed by atoms with Crippen LogP contribution in [0.4, 0.5) is 0 Å². The van der Waals surface area contributed by atoms with E-state index < -0.39 is 0 Å². The average Bonchev–Trinajstić information content (AvgIpc) is 2.04. The molecule has 0 aromatic carbocycles. The summed E-state index contributed by atoms with van der Waals surface area (Å²) < 4.78 is 10.7. The molecule has 1 aliphatic heterocycles. The SMILES string of the molecule is CCC1=C(SC)OCCO1. The van der Waals surface area contributed by atoms with Gasteiger partial charge in [-0.3, -0.25) is 0 Å². The molecule has 0 saturated carbocycles. The summed E-state index contributed by atoms with van der Waals surface area (Å²) in [5.41, 5.74) is 0. The molecule has 0 radical (unpaired) electrons. The molecule has 3 heteroatoms. The number of hydrogen-bond donors (Lipinski definition) is 0. The standard InChI is InChI=1S/C7H12O2S/c1-3-6-7(10-2)9-5-4-8-6/h3-5H2,1-2H3. The lowest BCUT2D eigenvalue weighted by Crippen LogP contribution is -2.11. The number of ether oxygens (including phenoxy) is 2. The third-order valence-corrected chi connectivity index (χ3v) is 2.04. The minimum Gasteiger partial charge on any atom is -0.490 e. The van der Waals surface area contributed by atoms with E-state index in [1.54, 1.807) is 11.8 Å². The van der Waals surface area contributed by atoms with Gasteiger partial charge in [0.15, 0.2) is 5.09 Å². The molecule has 0 spiro atoms. The molecule has 0 saturated heterocycles. The van der Waals surface area contributed by atoms with Crippen molar-refractivity contribution >= 4 is 11.8 Å². The normalized spacial score (nSPS) is 18.2. The maximum absolute atomic E-state index is 5.36. The molecule has 58 valence electrons. The van der Waals surface area contributed by atoms with Crippen LogP contribution < -0.4 is 0 Å². The fourth-order valence-electron chi connectivity index (χ4n) is 0.858. The Balaban J connectivity index is 2.63. The van der Waals surface area contributed by atoms with Crippen molar-refractivity contribution in [1.29, 1.82) is 0 Å². The minimum absolute atomic E-state index is 0.694. The Bertz CT molecular complexity index is 127. The van der Waals surface area contributed by atoms with Gasteiger partial charge in [-0.1, -0.05) is 18.7 Å². The summed E-state index contributed by atoms with van der Waals surface area (Å²) in [7, 11) is 0. The quantitative estimate of drug-likeness (QED) is 0.615. The first-order valence-corrected chi connectivity index (χ1v) is 4.63. The Morgan fingerprint density at radius 3 is 2.60 bits per heavy atom. The third kappa shape index (κ3) is 1.59. The highest BCUT2D eigenvalue weighted by Crippen LogP contribution is 2.24. The van der Waals surface area contributed by atoms with E-state index in [0.29, 0.717) is 13.2 Å². The molecule has 0 aromatic heterocycles. The van der Waals surface area contributed by atoms with Crippen LogP contribution in [0.2, 0.25) is 0 Å². The molecule has 0 aromatic rings. The van der Waals surface area contributed by atoms with Crippen molar-refractivity contribution in [2.24, 2.45) is 0 Å². The van der Waals surface area contributed by atoms with E-state index in [2.05, 4.69) is 6.92 Å². The van der Waals surface area contributed by atoms with Crippen LogP contribution in [0.25, 0.3) is 0 Å². The van der Waals surface area contributed by atoms with Crippen LogP contribution in [0.5, 0.6) is 0 Å². The van der Waals surface area contributed by atoms with Crippen molar-refractivity contribution in [3.8, 4) is 0 Å². The molecular formula is C7H12O2S. The predicted molar refractivity (Wildman–Crippen MR) is 42.7 cm³/mol. The predicted octanol–water partition coefficient (Wildman–Crippen LogP) is 1.98. The Morgan fingerprint density at radius 1 is 1.40 bits per heavy atom. The lowest BCUT2D eigenvalue weighted by Gasteiger charge is -2.19. The second-order valence-corrected chi connectivity index (χ2v) is 2.74.